The third-order valence-corrected chi connectivity index (χ3v) is 2.60. The summed E-state index contributed by atoms with van der Waals surface area (Å²) in [6, 6.07) is 3.28. The maximum atomic E-state index is 9.56. The molecule has 0 saturated carbocycles. The van der Waals surface area contributed by atoms with Crippen LogP contribution in [0.5, 0.6) is 11.5 Å². The molecule has 3 N–H and O–H groups in total. The van der Waals surface area contributed by atoms with Crippen LogP contribution in [0.2, 0.25) is 5.02 Å². The number of ether oxygens (including phenoxy) is 1. The van der Waals surface area contributed by atoms with Crippen LogP contribution in [0.3, 0.4) is 0 Å². The fraction of sp³-hybridized carbons (Fsp3) is 0.455. The Morgan fingerprint density at radius 1 is 1.40 bits per heavy atom. The number of aryl methyl sites for hydroxylation is 1. The highest BCUT2D eigenvalue weighted by Crippen LogP contribution is 2.32. The fourth-order valence-electron chi connectivity index (χ4n) is 1.40. The molecule has 0 aliphatic rings. The summed E-state index contributed by atoms with van der Waals surface area (Å²) in [4.78, 5) is 0. The molecule has 4 heteroatoms. The summed E-state index contributed by atoms with van der Waals surface area (Å²) in [5, 5.41) is 10.2. The molecule has 0 aromatic heterocycles. The number of phenolic OH excluding ortho intramolecular Hbond substituents is 1. The van der Waals surface area contributed by atoms with Gasteiger partial charge in [0.2, 0.25) is 0 Å². The summed E-state index contributed by atoms with van der Waals surface area (Å²) in [5.74, 6) is 0.534. The van der Waals surface area contributed by atoms with Crippen molar-refractivity contribution in [2.45, 2.75) is 19.3 Å². The number of hydrogen-bond acceptors (Lipinski definition) is 3. The first-order valence-electron chi connectivity index (χ1n) is 4.94. The van der Waals surface area contributed by atoms with Crippen molar-refractivity contribution in [3.63, 3.8) is 0 Å². The predicted molar refractivity (Wildman–Crippen MR) is 61.7 cm³/mol. The minimum atomic E-state index is 0.129. The summed E-state index contributed by atoms with van der Waals surface area (Å²) in [6.07, 6.45) is 2.76. The Hall–Kier alpha value is -0.930. The van der Waals surface area contributed by atoms with E-state index in [-0.39, 0.29) is 5.75 Å². The Labute approximate surface area is 94.8 Å². The van der Waals surface area contributed by atoms with Crippen LogP contribution >= 0.6 is 11.6 Å². The molecule has 0 bridgehead atoms. The Morgan fingerprint density at radius 2 is 2.13 bits per heavy atom. The first-order chi connectivity index (χ1) is 7.19. The normalized spacial score (nSPS) is 10.3. The Morgan fingerprint density at radius 3 is 2.73 bits per heavy atom. The van der Waals surface area contributed by atoms with Crippen LogP contribution in [0.25, 0.3) is 0 Å². The minimum Gasteiger partial charge on any atom is -0.504 e. The van der Waals surface area contributed by atoms with Gasteiger partial charge in [-0.2, -0.15) is 0 Å². The fourth-order valence-corrected chi connectivity index (χ4v) is 1.65. The van der Waals surface area contributed by atoms with Crippen LogP contribution in [-0.2, 0) is 6.42 Å². The zero-order chi connectivity index (χ0) is 11.3. The van der Waals surface area contributed by atoms with Crippen LogP contribution in [0, 0.1) is 0 Å². The summed E-state index contributed by atoms with van der Waals surface area (Å²) < 4.78 is 4.95. The molecule has 84 valence electrons. The third kappa shape index (κ3) is 3.29. The van der Waals surface area contributed by atoms with Crippen LogP contribution < -0.4 is 10.5 Å². The van der Waals surface area contributed by atoms with E-state index in [1.165, 1.54) is 7.11 Å². The topological polar surface area (TPSA) is 55.5 Å². The minimum absolute atomic E-state index is 0.129. The molecule has 0 radical (unpaired) electrons. The zero-order valence-electron chi connectivity index (χ0n) is 8.79. The Bertz CT molecular complexity index is 329. The monoisotopic (exact) mass is 229 g/mol. The van der Waals surface area contributed by atoms with Gasteiger partial charge in [0.15, 0.2) is 11.5 Å². The zero-order valence-corrected chi connectivity index (χ0v) is 9.55. The quantitative estimate of drug-likeness (QED) is 0.762. The number of aromatic hydroxyl groups is 1. The van der Waals surface area contributed by atoms with Gasteiger partial charge in [-0.3, -0.25) is 0 Å². The lowest BCUT2D eigenvalue weighted by molar-refractivity contribution is 0.373. The highest BCUT2D eigenvalue weighted by Gasteiger charge is 2.07. The van der Waals surface area contributed by atoms with Crippen molar-refractivity contribution in [3.8, 4) is 11.5 Å². The predicted octanol–water partition coefficient (Wildman–Crippen LogP) is 2.34. The number of hydrogen-bond donors (Lipinski definition) is 2. The second-order valence-corrected chi connectivity index (χ2v) is 3.77. The van der Waals surface area contributed by atoms with Crippen molar-refractivity contribution < 1.29 is 9.84 Å². The lowest BCUT2D eigenvalue weighted by atomic mass is 10.1. The van der Waals surface area contributed by atoms with E-state index >= 15 is 0 Å². The molecule has 1 rings (SSSR count). The maximum Gasteiger partial charge on any atom is 0.161 e. The van der Waals surface area contributed by atoms with E-state index < -0.39 is 0 Å². The number of halogens is 1. The number of rotatable bonds is 5. The van der Waals surface area contributed by atoms with Gasteiger partial charge >= 0.3 is 0 Å². The van der Waals surface area contributed by atoms with Crippen LogP contribution in [0.15, 0.2) is 12.1 Å². The second kappa shape index (κ2) is 5.83. The number of benzene rings is 1. The number of methoxy groups -OCH3 is 1. The molecule has 0 aliphatic carbocycles. The van der Waals surface area contributed by atoms with E-state index in [1.807, 2.05) is 0 Å². The van der Waals surface area contributed by atoms with Gasteiger partial charge in [-0.1, -0.05) is 11.6 Å². The van der Waals surface area contributed by atoms with Crippen molar-refractivity contribution >= 4 is 11.6 Å². The SMILES string of the molecule is COc1cc(Cl)c(CCCCN)cc1O. The molecule has 0 fully saturated rings. The molecule has 1 aromatic rings. The maximum absolute atomic E-state index is 9.56. The van der Waals surface area contributed by atoms with Crippen molar-refractivity contribution in [1.29, 1.82) is 0 Å². The van der Waals surface area contributed by atoms with Gasteiger partial charge in [-0.15, -0.1) is 0 Å². The van der Waals surface area contributed by atoms with E-state index in [9.17, 15) is 5.11 Å². The highest BCUT2D eigenvalue weighted by atomic mass is 35.5. The number of nitrogens with two attached hydrogens (primary N) is 1. The first-order valence-corrected chi connectivity index (χ1v) is 5.32. The summed E-state index contributed by atoms with van der Waals surface area (Å²) >= 11 is 6.04. The molecule has 0 atom stereocenters. The molecule has 3 nitrogen and oxygen atoms in total. The second-order valence-electron chi connectivity index (χ2n) is 3.36. The van der Waals surface area contributed by atoms with Crippen LogP contribution in [0.4, 0.5) is 0 Å². The van der Waals surface area contributed by atoms with E-state index in [0.29, 0.717) is 17.3 Å². The molecule has 0 saturated heterocycles. The third-order valence-electron chi connectivity index (χ3n) is 2.25. The largest absolute Gasteiger partial charge is 0.504 e. The van der Waals surface area contributed by atoms with Crippen molar-refractivity contribution in [3.05, 3.63) is 22.7 Å². The Kier molecular flexibility index (Phi) is 4.72. The van der Waals surface area contributed by atoms with Crippen molar-refractivity contribution in [2.75, 3.05) is 13.7 Å². The van der Waals surface area contributed by atoms with Gasteiger partial charge in [-0.25, -0.2) is 0 Å². The molecular weight excluding hydrogens is 214 g/mol. The van der Waals surface area contributed by atoms with E-state index in [1.54, 1.807) is 12.1 Å². The molecule has 1 aromatic carbocycles. The lowest BCUT2D eigenvalue weighted by Crippen LogP contribution is -1.99. The molecule has 0 amide bonds. The van der Waals surface area contributed by atoms with Gasteiger partial charge in [0.25, 0.3) is 0 Å². The molecular formula is C11H16ClNO2. The van der Waals surface area contributed by atoms with Crippen LogP contribution in [-0.4, -0.2) is 18.8 Å². The summed E-state index contributed by atoms with van der Waals surface area (Å²) in [5.41, 5.74) is 6.34. The standard InChI is InChI=1S/C11H16ClNO2/c1-15-11-7-9(12)8(6-10(11)14)4-2-3-5-13/h6-7,14H,2-5,13H2,1H3. The molecule has 0 unspecified atom stereocenters. The van der Waals surface area contributed by atoms with Crippen LogP contribution in [0.1, 0.15) is 18.4 Å². The molecule has 15 heavy (non-hydrogen) atoms. The lowest BCUT2D eigenvalue weighted by Gasteiger charge is -2.08. The first kappa shape index (κ1) is 12.1. The van der Waals surface area contributed by atoms with Gasteiger partial charge < -0.3 is 15.6 Å². The average Bonchev–Trinajstić information content (AvgIpc) is 2.23. The number of phenols is 1. The van der Waals surface area contributed by atoms with Gasteiger partial charge in [-0.05, 0) is 37.4 Å². The molecule has 0 spiro atoms. The van der Waals surface area contributed by atoms with Crippen molar-refractivity contribution in [2.24, 2.45) is 5.73 Å². The summed E-state index contributed by atoms with van der Waals surface area (Å²) in [6.45, 7) is 0.680. The highest BCUT2D eigenvalue weighted by molar-refractivity contribution is 6.31. The van der Waals surface area contributed by atoms with E-state index in [2.05, 4.69) is 0 Å². The molecule has 0 aliphatic heterocycles. The summed E-state index contributed by atoms with van der Waals surface area (Å²) in [7, 11) is 1.50. The Balaban J connectivity index is 2.76. The van der Waals surface area contributed by atoms with Gasteiger partial charge in [0, 0.05) is 11.1 Å². The average molecular weight is 230 g/mol. The van der Waals surface area contributed by atoms with Crippen molar-refractivity contribution in [1.82, 2.24) is 0 Å². The van der Waals surface area contributed by atoms with E-state index in [4.69, 9.17) is 22.1 Å². The number of unbranched alkanes of at least 4 members (excludes halogenated alkanes) is 1. The van der Waals surface area contributed by atoms with E-state index in [0.717, 1.165) is 24.8 Å². The van der Waals surface area contributed by atoms with Gasteiger partial charge in [0.05, 0.1) is 7.11 Å². The molecule has 0 heterocycles. The van der Waals surface area contributed by atoms with Gasteiger partial charge in [0.1, 0.15) is 0 Å². The smallest absolute Gasteiger partial charge is 0.161 e.